The molecule has 0 fully saturated rings. The molecular weight excluding hydrogens is 399 g/mol. The van der Waals surface area contributed by atoms with Crippen LogP contribution < -0.4 is 15.4 Å². The van der Waals surface area contributed by atoms with E-state index in [9.17, 15) is 9.59 Å². The van der Waals surface area contributed by atoms with Gasteiger partial charge in [-0.15, -0.1) is 0 Å². The molecule has 0 heterocycles. The molecule has 5 nitrogen and oxygen atoms in total. The van der Waals surface area contributed by atoms with Gasteiger partial charge in [-0.1, -0.05) is 41.4 Å². The van der Waals surface area contributed by atoms with Crippen LogP contribution in [0.1, 0.15) is 10.4 Å². The molecule has 0 saturated heterocycles. The monoisotopic (exact) mass is 412 g/mol. The molecule has 8 heteroatoms. The van der Waals surface area contributed by atoms with E-state index in [1.165, 1.54) is 6.07 Å². The van der Waals surface area contributed by atoms with Crippen molar-refractivity contribution >= 4 is 46.5 Å². The lowest BCUT2D eigenvalue weighted by atomic mass is 10.1. The summed E-state index contributed by atoms with van der Waals surface area (Å²) in [5.41, 5.74) is 0.504. The van der Waals surface area contributed by atoms with Gasteiger partial charge in [-0.2, -0.15) is 0 Å². The number of ether oxygens (including phenoxy) is 1. The van der Waals surface area contributed by atoms with E-state index >= 15 is 0 Å². The van der Waals surface area contributed by atoms with Crippen molar-refractivity contribution in [2.75, 3.05) is 13.2 Å². The van der Waals surface area contributed by atoms with Gasteiger partial charge in [0.2, 0.25) is 0 Å². The van der Waals surface area contributed by atoms with E-state index in [1.807, 2.05) is 0 Å². The molecule has 0 aliphatic carbocycles. The molecule has 2 N–H and O–H groups in total. The van der Waals surface area contributed by atoms with Crippen LogP contribution in [-0.4, -0.2) is 24.8 Å². The number of halogens is 3. The molecule has 2 aromatic carbocycles. The zero-order valence-corrected chi connectivity index (χ0v) is 15.8. The maximum atomic E-state index is 12.0. The number of amides is 1. The van der Waals surface area contributed by atoms with Crippen molar-refractivity contribution in [1.29, 1.82) is 0 Å². The summed E-state index contributed by atoms with van der Waals surface area (Å²) in [6.45, 7) is 3.38. The second kappa shape index (κ2) is 9.48. The first-order valence-corrected chi connectivity index (χ1v) is 8.58. The van der Waals surface area contributed by atoms with E-state index in [1.54, 1.807) is 36.4 Å². The quantitative estimate of drug-likeness (QED) is 0.640. The van der Waals surface area contributed by atoms with Crippen LogP contribution >= 0.6 is 34.8 Å². The first-order chi connectivity index (χ1) is 12.3. The Morgan fingerprint density at radius 1 is 1.00 bits per heavy atom. The Balaban J connectivity index is 1.74. The summed E-state index contributed by atoms with van der Waals surface area (Å²) in [7, 11) is 0. The standard InChI is InChI=1S/C18H15Cl3N2O3/c1-11(22-9-17(24)12-2-4-13(19)5-3-12)23-18(25)10-26-14-6-7-15(20)16(21)8-14/h2-8,22H,1,9-10H2,(H,23,25). The Morgan fingerprint density at radius 3 is 2.35 bits per heavy atom. The summed E-state index contributed by atoms with van der Waals surface area (Å²) >= 11 is 17.4. The molecule has 0 bridgehead atoms. The third kappa shape index (κ3) is 6.26. The first-order valence-electron chi connectivity index (χ1n) is 7.44. The van der Waals surface area contributed by atoms with Crippen LogP contribution in [0.3, 0.4) is 0 Å². The molecule has 0 aliphatic rings. The highest BCUT2D eigenvalue weighted by molar-refractivity contribution is 6.42. The second-order valence-corrected chi connectivity index (χ2v) is 6.43. The normalized spacial score (nSPS) is 10.1. The number of carbonyl (C=O) groups excluding carboxylic acids is 2. The molecule has 26 heavy (non-hydrogen) atoms. The van der Waals surface area contributed by atoms with Crippen molar-refractivity contribution < 1.29 is 14.3 Å². The van der Waals surface area contributed by atoms with Gasteiger partial charge in [0, 0.05) is 16.7 Å². The third-order valence-corrected chi connectivity index (χ3v) is 4.17. The van der Waals surface area contributed by atoms with Crippen LogP contribution in [0, 0.1) is 0 Å². The second-order valence-electron chi connectivity index (χ2n) is 5.17. The minimum atomic E-state index is -0.437. The van der Waals surface area contributed by atoms with Gasteiger partial charge in [-0.05, 0) is 36.4 Å². The number of nitrogens with one attached hydrogen (secondary N) is 2. The number of hydrogen-bond donors (Lipinski definition) is 2. The van der Waals surface area contributed by atoms with Crippen molar-refractivity contribution in [2.45, 2.75) is 0 Å². The number of benzene rings is 2. The van der Waals surface area contributed by atoms with Crippen LogP contribution in [0.15, 0.2) is 54.9 Å². The lowest BCUT2D eigenvalue weighted by Gasteiger charge is -2.11. The predicted octanol–water partition coefficient (Wildman–Crippen LogP) is 4.09. The van der Waals surface area contributed by atoms with Gasteiger partial charge in [0.05, 0.1) is 22.4 Å². The largest absolute Gasteiger partial charge is 0.484 e. The van der Waals surface area contributed by atoms with Crippen LogP contribution in [0.25, 0.3) is 0 Å². The molecule has 0 atom stereocenters. The summed E-state index contributed by atoms with van der Waals surface area (Å²) in [6.07, 6.45) is 0. The summed E-state index contributed by atoms with van der Waals surface area (Å²) in [5, 5.41) is 6.50. The van der Waals surface area contributed by atoms with Gasteiger partial charge in [-0.3, -0.25) is 9.59 Å². The topological polar surface area (TPSA) is 67.4 Å². The third-order valence-electron chi connectivity index (χ3n) is 3.18. The SMILES string of the molecule is C=C(NCC(=O)c1ccc(Cl)cc1)NC(=O)COc1ccc(Cl)c(Cl)c1. The van der Waals surface area contributed by atoms with E-state index in [2.05, 4.69) is 17.2 Å². The van der Waals surface area contributed by atoms with Gasteiger partial charge in [0.15, 0.2) is 12.4 Å². The number of carbonyl (C=O) groups is 2. The molecule has 0 spiro atoms. The van der Waals surface area contributed by atoms with Crippen molar-refractivity contribution in [3.8, 4) is 5.75 Å². The average Bonchev–Trinajstić information content (AvgIpc) is 2.61. The van der Waals surface area contributed by atoms with E-state index in [4.69, 9.17) is 39.5 Å². The van der Waals surface area contributed by atoms with Gasteiger partial charge >= 0.3 is 0 Å². The number of Topliss-reactive ketones (excluding diaryl/α,β-unsaturated/α-hetero) is 1. The predicted molar refractivity (Wildman–Crippen MR) is 103 cm³/mol. The van der Waals surface area contributed by atoms with Crippen LogP contribution in [0.4, 0.5) is 0 Å². The minimum absolute atomic E-state index is 0.0194. The summed E-state index contributed by atoms with van der Waals surface area (Å²) in [5.74, 6) is -0.00211. The zero-order valence-electron chi connectivity index (χ0n) is 13.5. The lowest BCUT2D eigenvalue weighted by Crippen LogP contribution is -2.36. The van der Waals surface area contributed by atoms with E-state index in [0.717, 1.165) is 0 Å². The number of hydrogen-bond acceptors (Lipinski definition) is 4. The molecule has 0 aromatic heterocycles. The maximum Gasteiger partial charge on any atom is 0.263 e. The Morgan fingerprint density at radius 2 is 1.69 bits per heavy atom. The number of rotatable bonds is 8. The first kappa shape index (κ1) is 20.1. The summed E-state index contributed by atoms with van der Waals surface area (Å²) in [4.78, 5) is 23.8. The van der Waals surface area contributed by atoms with Crippen LogP contribution in [0.2, 0.25) is 15.1 Å². The van der Waals surface area contributed by atoms with Gasteiger partial charge in [0.25, 0.3) is 5.91 Å². The average molecular weight is 414 g/mol. The minimum Gasteiger partial charge on any atom is -0.484 e. The fraction of sp³-hybridized carbons (Fsp3) is 0.111. The van der Waals surface area contributed by atoms with Crippen LogP contribution in [0.5, 0.6) is 5.75 Å². The fourth-order valence-corrected chi connectivity index (χ4v) is 2.30. The molecule has 0 radical (unpaired) electrons. The van der Waals surface area contributed by atoms with Crippen LogP contribution in [-0.2, 0) is 4.79 Å². The molecule has 2 aromatic rings. The Kier molecular flexibility index (Phi) is 7.33. The van der Waals surface area contributed by atoms with Gasteiger partial charge in [0.1, 0.15) is 5.75 Å². The van der Waals surface area contributed by atoms with E-state index < -0.39 is 5.91 Å². The van der Waals surface area contributed by atoms with Crippen molar-refractivity contribution in [3.05, 3.63) is 75.5 Å². The van der Waals surface area contributed by atoms with Crippen molar-refractivity contribution in [3.63, 3.8) is 0 Å². The Hall–Kier alpha value is -2.21. The van der Waals surface area contributed by atoms with Gasteiger partial charge < -0.3 is 15.4 Å². The van der Waals surface area contributed by atoms with E-state index in [-0.39, 0.29) is 24.8 Å². The van der Waals surface area contributed by atoms with Crippen molar-refractivity contribution in [2.24, 2.45) is 0 Å². The molecule has 2 rings (SSSR count). The summed E-state index contributed by atoms with van der Waals surface area (Å²) in [6, 6.07) is 11.2. The maximum absolute atomic E-state index is 12.0. The Bertz CT molecular complexity index is 823. The lowest BCUT2D eigenvalue weighted by molar-refractivity contribution is -0.122. The molecular formula is C18H15Cl3N2O3. The highest BCUT2D eigenvalue weighted by Gasteiger charge is 2.09. The molecule has 1 amide bonds. The zero-order chi connectivity index (χ0) is 19.1. The van der Waals surface area contributed by atoms with Gasteiger partial charge in [-0.25, -0.2) is 0 Å². The molecule has 0 aliphatic heterocycles. The van der Waals surface area contributed by atoms with Crippen molar-refractivity contribution in [1.82, 2.24) is 10.6 Å². The van der Waals surface area contributed by atoms with E-state index in [0.29, 0.717) is 26.4 Å². The molecule has 0 unspecified atom stereocenters. The highest BCUT2D eigenvalue weighted by Crippen LogP contribution is 2.26. The highest BCUT2D eigenvalue weighted by atomic mass is 35.5. The smallest absolute Gasteiger partial charge is 0.263 e. The molecule has 0 saturated carbocycles. The fourth-order valence-electron chi connectivity index (χ4n) is 1.89. The Labute approximate surface area is 165 Å². The molecule has 136 valence electrons. The summed E-state index contributed by atoms with van der Waals surface area (Å²) < 4.78 is 5.31. The number of ketones is 1.